The van der Waals surface area contributed by atoms with Crippen molar-refractivity contribution in [2.24, 2.45) is 0 Å². The molecular weight excluding hydrogens is 336 g/mol. The van der Waals surface area contributed by atoms with E-state index in [9.17, 15) is 9.00 Å². The normalized spacial score (nSPS) is 17.2. The molecule has 1 heterocycles. The summed E-state index contributed by atoms with van der Waals surface area (Å²) in [6.07, 6.45) is -0.882. The number of rotatable bonds is 1. The molecule has 2 rings (SSSR count). The third-order valence-electron chi connectivity index (χ3n) is 2.03. The molecule has 5 nitrogen and oxygen atoms in total. The van der Waals surface area contributed by atoms with Crippen molar-refractivity contribution in [2.45, 2.75) is 5.75 Å². The van der Waals surface area contributed by atoms with Crippen molar-refractivity contribution < 1.29 is 22.7 Å². The van der Waals surface area contributed by atoms with E-state index in [0.717, 1.165) is 0 Å². The van der Waals surface area contributed by atoms with Gasteiger partial charge in [-0.25, -0.2) is 9.00 Å². The molecule has 8 heteroatoms. The molecule has 0 spiro atoms. The summed E-state index contributed by atoms with van der Waals surface area (Å²) in [5.74, 6) is 0.752. The van der Waals surface area contributed by atoms with Crippen molar-refractivity contribution in [3.8, 4) is 11.5 Å². The van der Waals surface area contributed by atoms with Crippen LogP contribution >= 0.6 is 27.5 Å². The molecule has 92 valence electrons. The zero-order valence-corrected chi connectivity index (χ0v) is 11.6. The molecule has 0 bridgehead atoms. The van der Waals surface area contributed by atoms with Crippen molar-refractivity contribution in [1.29, 1.82) is 0 Å². The van der Waals surface area contributed by atoms with E-state index in [4.69, 9.17) is 20.5 Å². The molecule has 0 fully saturated rings. The fourth-order valence-corrected chi connectivity index (χ4v) is 3.38. The van der Waals surface area contributed by atoms with E-state index in [1.807, 2.05) is 0 Å². The lowest BCUT2D eigenvalue weighted by atomic mass is 10.2. The average molecular weight is 342 g/mol. The van der Waals surface area contributed by atoms with Gasteiger partial charge in [0.1, 0.15) is 5.75 Å². The lowest BCUT2D eigenvalue weighted by Crippen LogP contribution is -2.08. The first-order chi connectivity index (χ1) is 8.02. The minimum absolute atomic E-state index is 0.125. The molecule has 1 aromatic carbocycles. The Morgan fingerprint density at radius 3 is 3.00 bits per heavy atom. The maximum atomic E-state index is 11.2. The van der Waals surface area contributed by atoms with Gasteiger partial charge in [0.15, 0.2) is 5.75 Å². The number of carbonyl (C=O) groups is 1. The first kappa shape index (κ1) is 12.7. The van der Waals surface area contributed by atoms with Crippen molar-refractivity contribution in [3.63, 3.8) is 0 Å². The number of methoxy groups -OCH3 is 1. The number of halogens is 2. The van der Waals surface area contributed by atoms with Crippen LogP contribution in [0, 0.1) is 0 Å². The monoisotopic (exact) mass is 340 g/mol. The summed E-state index contributed by atoms with van der Waals surface area (Å²) in [4.78, 5) is 11.0. The Hall–Kier alpha value is -0.790. The van der Waals surface area contributed by atoms with Crippen molar-refractivity contribution in [2.75, 3.05) is 7.11 Å². The number of fused-ring (bicyclic) bond motifs is 1. The third-order valence-corrected chi connectivity index (χ3v) is 4.04. The molecule has 0 N–H and O–H groups in total. The van der Waals surface area contributed by atoms with Crippen molar-refractivity contribution in [1.82, 2.24) is 0 Å². The van der Waals surface area contributed by atoms with Crippen LogP contribution in [0.4, 0.5) is 4.79 Å². The highest BCUT2D eigenvalue weighted by Crippen LogP contribution is 2.44. The second-order valence-electron chi connectivity index (χ2n) is 3.07. The Kier molecular flexibility index (Phi) is 3.60. The van der Waals surface area contributed by atoms with E-state index < -0.39 is 17.2 Å². The number of benzene rings is 1. The zero-order chi connectivity index (χ0) is 12.6. The number of carbonyl (C=O) groups excluding carboxylic acids is 1. The fraction of sp³-hybridized carbons (Fsp3) is 0.222. The second-order valence-corrected chi connectivity index (χ2v) is 5.33. The van der Waals surface area contributed by atoms with Crippen molar-refractivity contribution in [3.05, 3.63) is 21.1 Å². The van der Waals surface area contributed by atoms with E-state index in [-0.39, 0.29) is 16.5 Å². The van der Waals surface area contributed by atoms with Gasteiger partial charge in [0, 0.05) is 11.6 Å². The minimum Gasteiger partial charge on any atom is -0.437 e. The Bertz CT molecular complexity index is 519. The maximum Gasteiger partial charge on any atom is 0.513 e. The second kappa shape index (κ2) is 4.83. The summed E-state index contributed by atoms with van der Waals surface area (Å²) in [5.41, 5.74) is 0.645. The molecule has 0 aliphatic carbocycles. The molecule has 1 aliphatic heterocycles. The molecule has 1 unspecified atom stereocenters. The Morgan fingerprint density at radius 2 is 2.35 bits per heavy atom. The van der Waals surface area contributed by atoms with Gasteiger partial charge in [-0.1, -0.05) is 11.6 Å². The summed E-state index contributed by atoms with van der Waals surface area (Å²) in [7, 11) is 1.19. The largest absolute Gasteiger partial charge is 0.513 e. The lowest BCUT2D eigenvalue weighted by molar-refractivity contribution is 0.121. The first-order valence-electron chi connectivity index (χ1n) is 4.36. The van der Waals surface area contributed by atoms with Crippen LogP contribution in [0.2, 0.25) is 5.02 Å². The SMILES string of the molecule is COC(=O)Oc1c(Cl)cc2c(c1Br)CS(=O)O2. The predicted molar refractivity (Wildman–Crippen MR) is 64.7 cm³/mol. The predicted octanol–water partition coefficient (Wildman–Crippen LogP) is 2.80. The molecule has 17 heavy (non-hydrogen) atoms. The summed E-state index contributed by atoms with van der Waals surface area (Å²) < 4.78 is 26.0. The minimum atomic E-state index is -1.42. The van der Waals surface area contributed by atoms with Crippen LogP contribution in [0.5, 0.6) is 11.5 Å². The van der Waals surface area contributed by atoms with Gasteiger partial charge >= 0.3 is 6.16 Å². The van der Waals surface area contributed by atoms with Crippen LogP contribution in [-0.4, -0.2) is 17.5 Å². The first-order valence-corrected chi connectivity index (χ1v) is 6.77. The van der Waals surface area contributed by atoms with Crippen LogP contribution in [0.1, 0.15) is 5.56 Å². The highest BCUT2D eigenvalue weighted by Gasteiger charge is 2.27. The highest BCUT2D eigenvalue weighted by molar-refractivity contribution is 9.10. The van der Waals surface area contributed by atoms with Gasteiger partial charge in [0.2, 0.25) is 11.1 Å². The van der Waals surface area contributed by atoms with E-state index in [0.29, 0.717) is 15.8 Å². The van der Waals surface area contributed by atoms with Gasteiger partial charge < -0.3 is 13.7 Å². The fourth-order valence-electron chi connectivity index (χ4n) is 1.29. The quantitative estimate of drug-likeness (QED) is 0.580. The van der Waals surface area contributed by atoms with E-state index in [2.05, 4.69) is 20.7 Å². The van der Waals surface area contributed by atoms with Gasteiger partial charge in [0.25, 0.3) is 0 Å². The smallest absolute Gasteiger partial charge is 0.437 e. The molecule has 1 atom stereocenters. The summed E-state index contributed by atoms with van der Waals surface area (Å²) in [6, 6.07) is 1.45. The number of hydrogen-bond acceptors (Lipinski definition) is 5. The summed E-state index contributed by atoms with van der Waals surface area (Å²) in [6.45, 7) is 0. The van der Waals surface area contributed by atoms with Gasteiger partial charge in [-0.15, -0.1) is 0 Å². The number of hydrogen-bond donors (Lipinski definition) is 0. The van der Waals surface area contributed by atoms with Crippen LogP contribution in [-0.2, 0) is 21.6 Å². The van der Waals surface area contributed by atoms with E-state index in [1.54, 1.807) is 0 Å². The molecule has 1 aliphatic rings. The topological polar surface area (TPSA) is 61.8 Å². The van der Waals surface area contributed by atoms with Gasteiger partial charge in [-0.05, 0) is 15.9 Å². The molecule has 0 radical (unpaired) electrons. The van der Waals surface area contributed by atoms with Gasteiger partial charge in [-0.3, -0.25) is 0 Å². The molecule has 1 aromatic rings. The van der Waals surface area contributed by atoms with E-state index >= 15 is 0 Å². The number of ether oxygens (including phenoxy) is 2. The highest BCUT2D eigenvalue weighted by atomic mass is 79.9. The zero-order valence-electron chi connectivity index (χ0n) is 8.49. The third kappa shape index (κ3) is 2.41. The van der Waals surface area contributed by atoms with Crippen LogP contribution in [0.15, 0.2) is 10.5 Å². The summed E-state index contributed by atoms with van der Waals surface area (Å²) in [5, 5.41) is 0.167. The molecule has 0 aromatic heterocycles. The maximum absolute atomic E-state index is 11.2. The molecule has 0 amide bonds. The Labute approximate surface area is 113 Å². The summed E-state index contributed by atoms with van der Waals surface area (Å²) >= 11 is 7.74. The van der Waals surface area contributed by atoms with Crippen LogP contribution in [0.25, 0.3) is 0 Å². The van der Waals surface area contributed by atoms with Crippen molar-refractivity contribution >= 4 is 44.8 Å². The van der Waals surface area contributed by atoms with Crippen LogP contribution in [0.3, 0.4) is 0 Å². The molecule has 0 saturated carbocycles. The molecular formula is C9H6BrClO5S. The van der Waals surface area contributed by atoms with Gasteiger partial charge in [-0.2, -0.15) is 0 Å². The molecule has 0 saturated heterocycles. The Morgan fingerprint density at radius 1 is 1.65 bits per heavy atom. The lowest BCUT2D eigenvalue weighted by Gasteiger charge is -2.09. The average Bonchev–Trinajstić information content (AvgIpc) is 2.64. The van der Waals surface area contributed by atoms with E-state index in [1.165, 1.54) is 13.2 Å². The Balaban J connectivity index is 2.45. The standard InChI is InChI=1S/C9H6BrClO5S/c1-14-9(12)15-8-5(11)2-6-4(7(8)10)3-17(13)16-6/h2H,3H2,1H3. The van der Waals surface area contributed by atoms with Crippen LogP contribution < -0.4 is 8.92 Å². The van der Waals surface area contributed by atoms with Gasteiger partial charge in [0.05, 0.1) is 22.4 Å².